The van der Waals surface area contributed by atoms with Gasteiger partial charge in [0.15, 0.2) is 0 Å². The first-order valence-electron chi connectivity index (χ1n) is 9.37. The fraction of sp³-hybridized carbons (Fsp3) is 0.238. The molecule has 6 nitrogen and oxygen atoms in total. The van der Waals surface area contributed by atoms with Crippen molar-refractivity contribution >= 4 is 16.7 Å². The minimum absolute atomic E-state index is 0.0231. The van der Waals surface area contributed by atoms with Crippen LogP contribution in [0.25, 0.3) is 16.6 Å². The number of hydrogen-bond acceptors (Lipinski definition) is 5. The van der Waals surface area contributed by atoms with E-state index in [1.165, 1.54) is 31.3 Å². The van der Waals surface area contributed by atoms with Crippen molar-refractivity contribution in [3.05, 3.63) is 72.1 Å². The second-order valence-corrected chi connectivity index (χ2v) is 7.20. The van der Waals surface area contributed by atoms with Gasteiger partial charge in [-0.15, -0.1) is 5.10 Å². The monoisotopic (exact) mass is 374 g/mol. The number of nitrogens with zero attached hydrogens (tertiary/aromatic N) is 5. The van der Waals surface area contributed by atoms with Crippen LogP contribution in [0.15, 0.2) is 55.0 Å². The third kappa shape index (κ3) is 3.19. The quantitative estimate of drug-likeness (QED) is 0.561. The van der Waals surface area contributed by atoms with Gasteiger partial charge >= 0.3 is 0 Å². The molecule has 28 heavy (non-hydrogen) atoms. The van der Waals surface area contributed by atoms with E-state index in [1.807, 2.05) is 23.0 Å². The van der Waals surface area contributed by atoms with E-state index in [-0.39, 0.29) is 11.9 Å². The third-order valence-electron chi connectivity index (χ3n) is 5.12. The molecule has 1 aliphatic carbocycles. The highest BCUT2D eigenvalue weighted by Crippen LogP contribution is 2.38. The van der Waals surface area contributed by atoms with Gasteiger partial charge < -0.3 is 5.32 Å². The Kier molecular flexibility index (Phi) is 4.00. The van der Waals surface area contributed by atoms with E-state index in [2.05, 4.69) is 44.7 Å². The van der Waals surface area contributed by atoms with E-state index < -0.39 is 0 Å². The van der Waals surface area contributed by atoms with Gasteiger partial charge in [0.05, 0.1) is 23.1 Å². The van der Waals surface area contributed by atoms with Crippen LogP contribution in [0.4, 0.5) is 10.2 Å². The second kappa shape index (κ2) is 6.67. The van der Waals surface area contributed by atoms with Crippen molar-refractivity contribution in [2.24, 2.45) is 0 Å². The molecule has 0 spiro atoms. The van der Waals surface area contributed by atoms with E-state index in [0.717, 1.165) is 22.3 Å². The van der Waals surface area contributed by atoms with Crippen molar-refractivity contribution in [2.45, 2.75) is 31.7 Å². The first-order chi connectivity index (χ1) is 13.7. The van der Waals surface area contributed by atoms with Gasteiger partial charge in [-0.1, -0.05) is 17.3 Å². The molecule has 2 aromatic heterocycles. The SMILES string of the molecule is CC(Nc1ncnc2cc(F)ccc12)c1ccc(-n2cc(C3CC3)nn2)cc1. The normalized spacial score (nSPS) is 14.9. The highest BCUT2D eigenvalue weighted by molar-refractivity contribution is 5.88. The molecule has 1 aliphatic rings. The predicted octanol–water partition coefficient (Wildman–Crippen LogP) is 4.40. The number of hydrogen-bond donors (Lipinski definition) is 1. The van der Waals surface area contributed by atoms with Crippen molar-refractivity contribution in [3.63, 3.8) is 0 Å². The Bertz CT molecular complexity index is 1130. The first-order valence-corrected chi connectivity index (χ1v) is 9.37. The average Bonchev–Trinajstić information content (AvgIpc) is 3.45. The minimum atomic E-state index is -0.307. The topological polar surface area (TPSA) is 68.5 Å². The molecule has 0 bridgehead atoms. The van der Waals surface area contributed by atoms with Gasteiger partial charge in [-0.25, -0.2) is 19.0 Å². The summed E-state index contributed by atoms with van der Waals surface area (Å²) in [6, 6.07) is 12.8. The summed E-state index contributed by atoms with van der Waals surface area (Å²) in [5.74, 6) is 0.971. The summed E-state index contributed by atoms with van der Waals surface area (Å²) >= 11 is 0. The molecule has 1 N–H and O–H groups in total. The van der Waals surface area contributed by atoms with Gasteiger partial charge in [0, 0.05) is 23.4 Å². The smallest absolute Gasteiger partial charge is 0.137 e. The first kappa shape index (κ1) is 16.8. The molecule has 7 heteroatoms. The summed E-state index contributed by atoms with van der Waals surface area (Å²) in [7, 11) is 0. The maximum Gasteiger partial charge on any atom is 0.137 e. The molecule has 4 aromatic rings. The van der Waals surface area contributed by atoms with Gasteiger partial charge in [0.1, 0.15) is 18.0 Å². The van der Waals surface area contributed by atoms with Crippen molar-refractivity contribution in [1.29, 1.82) is 0 Å². The lowest BCUT2D eigenvalue weighted by molar-refractivity contribution is 0.629. The van der Waals surface area contributed by atoms with Crippen LogP contribution in [-0.2, 0) is 0 Å². The zero-order chi connectivity index (χ0) is 19.1. The summed E-state index contributed by atoms with van der Waals surface area (Å²) < 4.78 is 15.3. The fourth-order valence-corrected chi connectivity index (χ4v) is 3.32. The van der Waals surface area contributed by atoms with Crippen molar-refractivity contribution in [1.82, 2.24) is 25.0 Å². The van der Waals surface area contributed by atoms with Crippen LogP contribution >= 0.6 is 0 Å². The molecule has 0 amide bonds. The Morgan fingerprint density at radius 1 is 1.11 bits per heavy atom. The van der Waals surface area contributed by atoms with Crippen LogP contribution in [0.2, 0.25) is 0 Å². The highest BCUT2D eigenvalue weighted by Gasteiger charge is 2.26. The zero-order valence-corrected chi connectivity index (χ0v) is 15.4. The Labute approximate surface area is 161 Å². The number of nitrogens with one attached hydrogen (secondary N) is 1. The summed E-state index contributed by atoms with van der Waals surface area (Å²) in [5.41, 5.74) is 3.75. The molecular weight excluding hydrogens is 355 g/mol. The predicted molar refractivity (Wildman–Crippen MR) is 105 cm³/mol. The van der Waals surface area contributed by atoms with Crippen LogP contribution in [0.3, 0.4) is 0 Å². The second-order valence-electron chi connectivity index (χ2n) is 7.20. The molecule has 0 radical (unpaired) electrons. The molecule has 0 saturated heterocycles. The summed E-state index contributed by atoms with van der Waals surface area (Å²) in [4.78, 5) is 8.47. The third-order valence-corrected chi connectivity index (χ3v) is 5.12. The van der Waals surface area contributed by atoms with Gasteiger partial charge in [-0.05, 0) is 49.6 Å². The molecule has 1 unspecified atom stereocenters. The molecule has 1 atom stereocenters. The minimum Gasteiger partial charge on any atom is -0.363 e. The van der Waals surface area contributed by atoms with Crippen molar-refractivity contribution < 1.29 is 4.39 Å². The van der Waals surface area contributed by atoms with Crippen LogP contribution in [0, 0.1) is 5.82 Å². The number of aromatic nitrogens is 5. The molecule has 140 valence electrons. The van der Waals surface area contributed by atoms with Crippen LogP contribution in [0.1, 0.15) is 43.0 Å². The Hall–Kier alpha value is -3.35. The standard InChI is InChI=1S/C21H19FN6/c1-13(25-21-18-9-6-16(22)10-19(18)23-12-24-21)14-4-7-17(8-5-14)28-11-20(26-27-28)15-2-3-15/h4-13,15H,2-3H2,1H3,(H,23,24,25). The van der Waals surface area contributed by atoms with Gasteiger partial charge in [-0.2, -0.15) is 0 Å². The number of benzene rings is 2. The van der Waals surface area contributed by atoms with E-state index in [4.69, 9.17) is 0 Å². The number of anilines is 1. The molecule has 1 fully saturated rings. The molecule has 5 rings (SSSR count). The van der Waals surface area contributed by atoms with Crippen LogP contribution in [-0.4, -0.2) is 25.0 Å². The van der Waals surface area contributed by atoms with Crippen molar-refractivity contribution in [3.8, 4) is 5.69 Å². The molecule has 0 aliphatic heterocycles. The molecule has 1 saturated carbocycles. The lowest BCUT2D eigenvalue weighted by Gasteiger charge is -2.16. The molecular formula is C21H19FN6. The summed E-state index contributed by atoms with van der Waals surface area (Å²) in [6.07, 6.45) is 5.89. The largest absolute Gasteiger partial charge is 0.363 e. The van der Waals surface area contributed by atoms with Gasteiger partial charge in [0.25, 0.3) is 0 Å². The highest BCUT2D eigenvalue weighted by atomic mass is 19.1. The maximum absolute atomic E-state index is 13.4. The van der Waals surface area contributed by atoms with E-state index in [1.54, 1.807) is 6.07 Å². The maximum atomic E-state index is 13.4. The van der Waals surface area contributed by atoms with E-state index >= 15 is 0 Å². The average molecular weight is 374 g/mol. The Morgan fingerprint density at radius 2 is 1.93 bits per heavy atom. The lowest BCUT2D eigenvalue weighted by atomic mass is 10.1. The van der Waals surface area contributed by atoms with E-state index in [9.17, 15) is 4.39 Å². The van der Waals surface area contributed by atoms with Crippen LogP contribution in [0.5, 0.6) is 0 Å². The zero-order valence-electron chi connectivity index (χ0n) is 15.4. The Morgan fingerprint density at radius 3 is 2.71 bits per heavy atom. The molecule has 2 heterocycles. The Balaban J connectivity index is 1.36. The summed E-state index contributed by atoms with van der Waals surface area (Å²) in [5, 5.41) is 12.7. The lowest BCUT2D eigenvalue weighted by Crippen LogP contribution is -2.09. The van der Waals surface area contributed by atoms with Crippen molar-refractivity contribution in [2.75, 3.05) is 5.32 Å². The number of fused-ring (bicyclic) bond motifs is 1. The van der Waals surface area contributed by atoms with E-state index in [0.29, 0.717) is 17.3 Å². The summed E-state index contributed by atoms with van der Waals surface area (Å²) in [6.45, 7) is 2.06. The van der Waals surface area contributed by atoms with Crippen LogP contribution < -0.4 is 5.32 Å². The van der Waals surface area contributed by atoms with Gasteiger partial charge in [0.2, 0.25) is 0 Å². The number of halogens is 1. The fourth-order valence-electron chi connectivity index (χ4n) is 3.32. The van der Waals surface area contributed by atoms with Gasteiger partial charge in [-0.3, -0.25) is 0 Å². The molecule has 2 aromatic carbocycles. The number of rotatable bonds is 5.